The van der Waals surface area contributed by atoms with Gasteiger partial charge < -0.3 is 10.5 Å². The number of halogens is 1. The first-order chi connectivity index (χ1) is 11.1. The summed E-state index contributed by atoms with van der Waals surface area (Å²) >= 11 is 5.78. The van der Waals surface area contributed by atoms with Crippen molar-refractivity contribution in [2.75, 3.05) is 17.6 Å². The summed E-state index contributed by atoms with van der Waals surface area (Å²) in [6.45, 7) is 0. The summed E-state index contributed by atoms with van der Waals surface area (Å²) < 4.78 is 62.7. The van der Waals surface area contributed by atoms with Gasteiger partial charge in [0.1, 0.15) is 6.33 Å². The Balaban J connectivity index is 2.64. The first-order valence-corrected chi connectivity index (χ1v) is 6.91. The molecule has 106 valence electrons. The Bertz CT molecular complexity index is 897. The molecular weight excluding hydrogens is 304 g/mol. The summed E-state index contributed by atoms with van der Waals surface area (Å²) in [5.41, 5.74) is 4.97. The molecule has 2 rings (SSSR count). The van der Waals surface area contributed by atoms with Crippen LogP contribution in [0.15, 0.2) is 35.4 Å². The Morgan fingerprint density at radius 3 is 2.60 bits per heavy atom. The number of anilines is 2. The van der Waals surface area contributed by atoms with Crippen LogP contribution in [0.5, 0.6) is 5.75 Å². The van der Waals surface area contributed by atoms with E-state index in [1.807, 2.05) is 4.72 Å². The number of nitrogens with two attached hydrogens (primary N) is 1. The quantitative estimate of drug-likeness (QED) is 0.653. The van der Waals surface area contributed by atoms with Gasteiger partial charge in [0, 0.05) is 5.69 Å². The molecule has 0 radical (unpaired) electrons. The first kappa shape index (κ1) is 9.78. The van der Waals surface area contributed by atoms with Crippen LogP contribution in [0, 0.1) is 0 Å². The fourth-order valence-corrected chi connectivity index (χ4v) is 2.31. The van der Waals surface area contributed by atoms with Gasteiger partial charge in [-0.2, -0.15) is 0 Å². The zero-order valence-corrected chi connectivity index (χ0v) is 11.6. The molecule has 0 atom stereocenters. The van der Waals surface area contributed by atoms with E-state index in [0.29, 0.717) is 0 Å². The maximum Gasteiger partial charge on any atom is 0.263 e. The van der Waals surface area contributed by atoms with E-state index in [9.17, 15) is 8.42 Å². The normalized spacial score (nSPS) is 13.9. The third-order valence-electron chi connectivity index (χ3n) is 2.09. The largest absolute Gasteiger partial charge is 0.490 e. The zero-order chi connectivity index (χ0) is 18.2. The van der Waals surface area contributed by atoms with Crippen molar-refractivity contribution in [2.24, 2.45) is 0 Å². The van der Waals surface area contributed by atoms with Crippen molar-refractivity contribution in [1.82, 2.24) is 9.97 Å². The summed E-state index contributed by atoms with van der Waals surface area (Å²) in [5.74, 6) is -0.473. The van der Waals surface area contributed by atoms with E-state index in [0.717, 1.165) is 6.33 Å². The average molecular weight is 319 g/mol. The number of hydrogen-bond donors (Lipinski definition) is 2. The molecule has 0 aliphatic carbocycles. The molecule has 0 spiro atoms. The molecule has 3 N–H and O–H groups in total. The van der Waals surface area contributed by atoms with Crippen molar-refractivity contribution >= 4 is 33.1 Å². The van der Waals surface area contributed by atoms with E-state index in [4.69, 9.17) is 27.6 Å². The molecule has 2 aromatic rings. The molecule has 0 unspecified atom stereocenters. The Morgan fingerprint density at radius 2 is 2.00 bits per heavy atom. The molecule has 1 aromatic heterocycles. The van der Waals surface area contributed by atoms with Gasteiger partial charge in [0.2, 0.25) is 0 Å². The smallest absolute Gasteiger partial charge is 0.263 e. The number of nitrogen functional groups attached to an aromatic ring is 1. The first-order valence-electron chi connectivity index (χ1n) is 7.05. The van der Waals surface area contributed by atoms with Crippen LogP contribution in [0.25, 0.3) is 0 Å². The highest BCUT2D eigenvalue weighted by molar-refractivity contribution is 7.92. The minimum atomic E-state index is -4.54. The van der Waals surface area contributed by atoms with Crippen LogP contribution in [0.2, 0.25) is 5.15 Å². The predicted octanol–water partition coefficient (Wildman–Crippen LogP) is 1.52. The Hall–Kier alpha value is -2.06. The lowest BCUT2D eigenvalue weighted by molar-refractivity contribution is 0.413. The van der Waals surface area contributed by atoms with E-state index in [1.165, 1.54) is 7.11 Å². The number of sulfonamides is 1. The molecule has 0 saturated heterocycles. The Labute approximate surface area is 126 Å². The molecule has 9 heteroatoms. The minimum Gasteiger partial charge on any atom is -0.490 e. The second-order valence-electron chi connectivity index (χ2n) is 3.39. The van der Waals surface area contributed by atoms with Gasteiger partial charge in [0.15, 0.2) is 16.7 Å². The highest BCUT2D eigenvalue weighted by Crippen LogP contribution is 2.30. The van der Waals surface area contributed by atoms with Gasteiger partial charge in [-0.25, -0.2) is 18.4 Å². The SMILES string of the molecule is [2H]c1c([2H])c(S(=O)(=O)Nc2ncnc(Cl)c2OC)c([2H])c([2H])c1N. The minimum absolute atomic E-state index is 0.151. The molecule has 20 heavy (non-hydrogen) atoms. The van der Waals surface area contributed by atoms with E-state index in [2.05, 4.69) is 9.97 Å². The molecule has 0 saturated carbocycles. The van der Waals surface area contributed by atoms with Gasteiger partial charge in [-0.1, -0.05) is 11.6 Å². The van der Waals surface area contributed by atoms with Crippen molar-refractivity contribution in [1.29, 1.82) is 0 Å². The lowest BCUT2D eigenvalue weighted by Crippen LogP contribution is -2.15. The summed E-state index contributed by atoms with van der Waals surface area (Å²) in [6, 6.07) is -2.94. The number of nitrogens with zero attached hydrogens (tertiary/aromatic N) is 2. The second kappa shape index (κ2) is 5.51. The van der Waals surface area contributed by atoms with Crippen molar-refractivity contribution in [3.05, 3.63) is 35.7 Å². The van der Waals surface area contributed by atoms with Gasteiger partial charge in [-0.3, -0.25) is 4.72 Å². The number of rotatable bonds is 4. The zero-order valence-electron chi connectivity index (χ0n) is 14.1. The summed E-state index contributed by atoms with van der Waals surface area (Å²) in [7, 11) is -3.31. The van der Waals surface area contributed by atoms with Crippen LogP contribution in [-0.4, -0.2) is 25.5 Å². The summed E-state index contributed by atoms with van der Waals surface area (Å²) in [5, 5.41) is -0.151. The number of hydrogen-bond acceptors (Lipinski definition) is 6. The summed E-state index contributed by atoms with van der Waals surface area (Å²) in [6.07, 6.45) is 0.987. The number of methoxy groups -OCH3 is 1. The molecule has 0 amide bonds. The number of nitrogens with one attached hydrogen (secondary N) is 1. The van der Waals surface area contributed by atoms with Gasteiger partial charge in [0.25, 0.3) is 10.0 Å². The number of ether oxygens (including phenoxy) is 1. The van der Waals surface area contributed by atoms with Crippen LogP contribution in [0.1, 0.15) is 5.48 Å². The molecule has 7 nitrogen and oxygen atoms in total. The molecule has 1 heterocycles. The molecule has 0 aliphatic rings. The van der Waals surface area contributed by atoms with Gasteiger partial charge in [-0.05, 0) is 24.2 Å². The molecule has 1 aromatic carbocycles. The lowest BCUT2D eigenvalue weighted by atomic mass is 10.3. The second-order valence-corrected chi connectivity index (χ2v) is 5.37. The molecular formula is C11H11ClN4O3S. The summed E-state index contributed by atoms with van der Waals surface area (Å²) in [4.78, 5) is 6.45. The van der Waals surface area contributed by atoms with Crippen LogP contribution in [0.4, 0.5) is 11.5 Å². The Morgan fingerprint density at radius 1 is 1.35 bits per heavy atom. The molecule has 0 bridgehead atoms. The van der Waals surface area contributed by atoms with Gasteiger partial charge in [-0.15, -0.1) is 0 Å². The van der Waals surface area contributed by atoms with Gasteiger partial charge in [0.05, 0.1) is 17.5 Å². The monoisotopic (exact) mass is 318 g/mol. The van der Waals surface area contributed by atoms with Crippen molar-refractivity contribution < 1.29 is 18.6 Å². The van der Waals surface area contributed by atoms with Crippen molar-refractivity contribution in [3.8, 4) is 5.75 Å². The highest BCUT2D eigenvalue weighted by Gasteiger charge is 2.19. The molecule has 0 aliphatic heterocycles. The number of benzene rings is 1. The predicted molar refractivity (Wildman–Crippen MR) is 75.3 cm³/mol. The van der Waals surface area contributed by atoms with Gasteiger partial charge >= 0.3 is 0 Å². The number of aromatic nitrogens is 2. The standard InChI is InChI=1S/C11H11ClN4O3S/c1-19-9-10(12)14-6-15-11(9)16-20(17,18)8-4-2-7(13)3-5-8/h2-6H,13H2,1H3,(H,14,15,16)/i2D,3D,4D,5D. The lowest BCUT2D eigenvalue weighted by Gasteiger charge is -2.11. The van der Waals surface area contributed by atoms with E-state index < -0.39 is 44.8 Å². The van der Waals surface area contributed by atoms with Crippen LogP contribution in [0.3, 0.4) is 0 Å². The topological polar surface area (TPSA) is 107 Å². The Kier molecular flexibility index (Phi) is 2.70. The van der Waals surface area contributed by atoms with Crippen molar-refractivity contribution in [3.63, 3.8) is 0 Å². The van der Waals surface area contributed by atoms with E-state index in [-0.39, 0.29) is 16.7 Å². The highest BCUT2D eigenvalue weighted by atomic mass is 35.5. The fourth-order valence-electron chi connectivity index (χ4n) is 1.23. The third-order valence-corrected chi connectivity index (χ3v) is 3.56. The third kappa shape index (κ3) is 2.91. The average Bonchev–Trinajstić information content (AvgIpc) is 2.51. The van der Waals surface area contributed by atoms with Crippen LogP contribution >= 0.6 is 11.6 Å². The van der Waals surface area contributed by atoms with Crippen LogP contribution < -0.4 is 15.2 Å². The fraction of sp³-hybridized carbons (Fsp3) is 0.0909. The van der Waals surface area contributed by atoms with E-state index in [1.54, 1.807) is 0 Å². The van der Waals surface area contributed by atoms with Crippen LogP contribution in [-0.2, 0) is 10.0 Å². The van der Waals surface area contributed by atoms with Crippen molar-refractivity contribution in [2.45, 2.75) is 4.90 Å². The maximum absolute atomic E-state index is 12.5. The molecule has 0 fully saturated rings. The van der Waals surface area contributed by atoms with E-state index >= 15 is 0 Å². The maximum atomic E-state index is 12.5.